The van der Waals surface area contributed by atoms with Crippen LogP contribution in [0.3, 0.4) is 0 Å². The lowest BCUT2D eigenvalue weighted by atomic mass is 9.99. The van der Waals surface area contributed by atoms with Crippen LogP contribution in [-0.4, -0.2) is 60.9 Å². The van der Waals surface area contributed by atoms with Gasteiger partial charge < -0.3 is 26.8 Å². The number of non-ortho nitro benzene ring substituents is 2. The van der Waals surface area contributed by atoms with E-state index >= 15 is 0 Å². The van der Waals surface area contributed by atoms with Gasteiger partial charge in [-0.05, 0) is 23.3 Å². The van der Waals surface area contributed by atoms with Gasteiger partial charge in [0.05, 0.1) is 28.3 Å². The highest BCUT2D eigenvalue weighted by Gasteiger charge is 2.24. The smallest absolute Gasteiger partial charge is 0.335 e. The molecule has 0 saturated heterocycles. The Morgan fingerprint density at radius 3 is 1.82 bits per heavy atom. The number of primary amides is 2. The summed E-state index contributed by atoms with van der Waals surface area (Å²) in [5.41, 5.74) is 8.44. The van der Waals surface area contributed by atoms with E-state index in [4.69, 9.17) is 24.9 Å². The highest BCUT2D eigenvalue weighted by atomic mass is 16.6. The third-order valence-electron chi connectivity index (χ3n) is 4.02. The van der Waals surface area contributed by atoms with Crippen molar-refractivity contribution in [1.29, 1.82) is 0 Å². The van der Waals surface area contributed by atoms with E-state index in [9.17, 15) is 39.4 Å². The first-order valence-electron chi connectivity index (χ1n) is 10.0. The van der Waals surface area contributed by atoms with Crippen molar-refractivity contribution in [3.05, 3.63) is 78.9 Å². The second-order valence-corrected chi connectivity index (χ2v) is 7.05. The lowest BCUT2D eigenvalue weighted by molar-refractivity contribution is -0.385. The van der Waals surface area contributed by atoms with E-state index in [1.54, 1.807) is 0 Å². The lowest BCUT2D eigenvalue weighted by Gasteiger charge is -2.14. The van der Waals surface area contributed by atoms with Gasteiger partial charge in [0, 0.05) is 36.8 Å². The fraction of sp³-hybridized carbons (Fsp3) is 0.143. The number of aliphatic carboxylic acids is 2. The third kappa shape index (κ3) is 12.5. The minimum atomic E-state index is -1.31. The number of nitrogens with zero attached hydrogens (tertiary/aromatic N) is 2. The number of nitro benzene ring substituents is 2. The molecule has 4 amide bonds. The second-order valence-electron chi connectivity index (χ2n) is 7.05. The van der Waals surface area contributed by atoms with Gasteiger partial charge in [0.25, 0.3) is 23.3 Å². The number of urea groups is 1. The van der Waals surface area contributed by atoms with Gasteiger partial charge in [0.2, 0.25) is 5.91 Å². The fourth-order valence-corrected chi connectivity index (χ4v) is 2.68. The number of nitro groups is 2. The Morgan fingerprint density at radius 2 is 1.38 bits per heavy atom. The van der Waals surface area contributed by atoms with Gasteiger partial charge in [0.1, 0.15) is 0 Å². The minimum absolute atomic E-state index is 0.00273. The van der Waals surface area contributed by atoms with Crippen LogP contribution >= 0.6 is 0 Å². The number of hydrogen-bond acceptors (Lipinski definition) is 10. The molecular formula is C21H21N5O13. The van der Waals surface area contributed by atoms with Crippen LogP contribution < -0.4 is 16.8 Å². The monoisotopic (exact) mass is 551 g/mol. The number of carboxylic acid groups (broad SMARTS) is 3. The van der Waals surface area contributed by atoms with E-state index in [-0.39, 0.29) is 28.9 Å². The van der Waals surface area contributed by atoms with Crippen molar-refractivity contribution in [3.8, 4) is 0 Å². The topological polar surface area (TPSA) is 313 Å². The van der Waals surface area contributed by atoms with Gasteiger partial charge in [-0.3, -0.25) is 44.7 Å². The van der Waals surface area contributed by atoms with E-state index in [0.29, 0.717) is 11.1 Å². The van der Waals surface area contributed by atoms with E-state index in [2.05, 4.69) is 16.8 Å². The molecule has 0 spiro atoms. The number of carbonyl (C=O) groups is 6. The quantitative estimate of drug-likeness (QED) is 0.167. The Morgan fingerprint density at radius 1 is 0.923 bits per heavy atom. The molecule has 18 heteroatoms. The Labute approximate surface area is 217 Å². The molecule has 0 saturated carbocycles. The van der Waals surface area contributed by atoms with Gasteiger partial charge >= 0.3 is 18.0 Å². The Balaban J connectivity index is 0.000000583. The number of fused-ring (bicyclic) bond motifs is 1. The number of hydrogen-bond donors (Lipinski definition) is 6. The Bertz CT molecular complexity index is 1300. The second kappa shape index (κ2) is 15.2. The van der Waals surface area contributed by atoms with Crippen LogP contribution in [0.5, 0.6) is 0 Å². The maximum absolute atomic E-state index is 11.3. The fourth-order valence-electron chi connectivity index (χ4n) is 2.68. The van der Waals surface area contributed by atoms with E-state index in [0.717, 1.165) is 25.1 Å². The zero-order valence-electron chi connectivity index (χ0n) is 19.9. The molecule has 0 atom stereocenters. The largest absolute Gasteiger partial charge is 0.481 e. The number of imide groups is 1. The van der Waals surface area contributed by atoms with Gasteiger partial charge in [-0.25, -0.2) is 9.59 Å². The molecule has 3 rings (SSSR count). The van der Waals surface area contributed by atoms with E-state index in [1.807, 2.05) is 0 Å². The average molecular weight is 551 g/mol. The summed E-state index contributed by atoms with van der Waals surface area (Å²) in [7, 11) is 0. The first kappa shape index (κ1) is 33.1. The summed E-state index contributed by atoms with van der Waals surface area (Å²) >= 11 is 0. The molecule has 1 heterocycles. The van der Waals surface area contributed by atoms with Crippen LogP contribution in [0.1, 0.15) is 38.8 Å². The number of nitrogens with one attached hydrogen (secondary N) is 1. The van der Waals surface area contributed by atoms with Crippen LogP contribution in [0.25, 0.3) is 0 Å². The Kier molecular flexibility index (Phi) is 12.9. The van der Waals surface area contributed by atoms with Crippen molar-refractivity contribution in [1.82, 2.24) is 5.32 Å². The summed E-state index contributed by atoms with van der Waals surface area (Å²) in [4.78, 5) is 81.1. The van der Waals surface area contributed by atoms with Crippen LogP contribution in [0.15, 0.2) is 36.4 Å². The van der Waals surface area contributed by atoms with Crippen LogP contribution in [0.2, 0.25) is 0 Å². The number of rotatable bonds is 5. The normalized spacial score (nSPS) is 10.8. The molecule has 1 aliphatic rings. The SMILES string of the molecule is CC(=O)O.NC(N)=O.O=C(O)Cc1cc([N+](=O)[O-])ccc1C(=O)O.O=C1Cc2cc([N+](=O)[O-])ccc2C(=O)N1. The standard InChI is InChI=1S/C9H6N2O4.C9H7NO6.C2H4O2.CH4N2O/c12-8-4-5-3-6(11(14)15)1-2-7(5)9(13)10-8;11-8(12)4-5-3-6(10(15)16)1-2-7(5)9(13)14;1-2(3)4;2-1(3)4/h1-3H,4H2,(H,10,12,13);1-3H,4H2,(H,11,12)(H,13,14);1H3,(H,3,4);(H4,2,3,4). The minimum Gasteiger partial charge on any atom is -0.481 e. The van der Waals surface area contributed by atoms with Crippen molar-refractivity contribution >= 4 is 47.1 Å². The molecule has 0 radical (unpaired) electrons. The molecule has 0 aliphatic carbocycles. The maximum atomic E-state index is 11.3. The summed E-state index contributed by atoms with van der Waals surface area (Å²) in [6.45, 7) is 1.08. The summed E-state index contributed by atoms with van der Waals surface area (Å²) < 4.78 is 0. The molecule has 2 aromatic carbocycles. The van der Waals surface area contributed by atoms with Gasteiger partial charge in [0.15, 0.2) is 0 Å². The van der Waals surface area contributed by atoms with Crippen molar-refractivity contribution in [2.24, 2.45) is 11.5 Å². The molecule has 2 aromatic rings. The van der Waals surface area contributed by atoms with E-state index in [1.165, 1.54) is 18.2 Å². The lowest BCUT2D eigenvalue weighted by Crippen LogP contribution is -2.37. The number of aromatic carboxylic acids is 1. The highest BCUT2D eigenvalue weighted by molar-refractivity contribution is 6.09. The third-order valence-corrected chi connectivity index (χ3v) is 4.02. The van der Waals surface area contributed by atoms with Crippen molar-refractivity contribution in [2.45, 2.75) is 19.8 Å². The van der Waals surface area contributed by atoms with Crippen molar-refractivity contribution in [3.63, 3.8) is 0 Å². The van der Waals surface area contributed by atoms with Gasteiger partial charge in [-0.15, -0.1) is 0 Å². The van der Waals surface area contributed by atoms with Crippen molar-refractivity contribution in [2.75, 3.05) is 0 Å². The number of carboxylic acids is 3. The molecule has 208 valence electrons. The molecule has 0 unspecified atom stereocenters. The van der Waals surface area contributed by atoms with Crippen LogP contribution in [-0.2, 0) is 27.2 Å². The number of nitrogens with two attached hydrogens (primary N) is 2. The number of amides is 4. The summed E-state index contributed by atoms with van der Waals surface area (Å²) in [5.74, 6) is -4.33. The van der Waals surface area contributed by atoms with Crippen LogP contribution in [0.4, 0.5) is 16.2 Å². The first-order chi connectivity index (χ1) is 18.0. The van der Waals surface area contributed by atoms with Gasteiger partial charge in [-0.1, -0.05) is 0 Å². The van der Waals surface area contributed by atoms with Crippen molar-refractivity contribution < 1.29 is 53.9 Å². The summed E-state index contributed by atoms with van der Waals surface area (Å²) in [6, 6.07) is 6.03. The first-order valence-corrected chi connectivity index (χ1v) is 10.0. The summed E-state index contributed by atoms with van der Waals surface area (Å²) in [5, 5.41) is 47.7. The zero-order valence-corrected chi connectivity index (χ0v) is 19.9. The molecule has 0 fully saturated rings. The molecule has 1 aliphatic heterocycles. The average Bonchev–Trinajstić information content (AvgIpc) is 2.77. The molecule has 18 nitrogen and oxygen atoms in total. The molecule has 0 bridgehead atoms. The number of benzene rings is 2. The Hall–Kier alpha value is -5.94. The maximum Gasteiger partial charge on any atom is 0.335 e. The molecule has 8 N–H and O–H groups in total. The highest BCUT2D eigenvalue weighted by Crippen LogP contribution is 2.21. The molecule has 0 aromatic heterocycles. The zero-order chi connectivity index (χ0) is 30.4. The van der Waals surface area contributed by atoms with E-state index < -0.39 is 52.0 Å². The predicted octanol–water partition coefficient (Wildman–Crippen LogP) is 0.442. The molecule has 39 heavy (non-hydrogen) atoms. The predicted molar refractivity (Wildman–Crippen MR) is 128 cm³/mol. The molecular weight excluding hydrogens is 530 g/mol. The van der Waals surface area contributed by atoms with Gasteiger partial charge in [-0.2, -0.15) is 0 Å². The van der Waals surface area contributed by atoms with Crippen LogP contribution in [0, 0.1) is 20.2 Å². The number of carbonyl (C=O) groups excluding carboxylic acids is 3. The summed E-state index contributed by atoms with van der Waals surface area (Å²) in [6.07, 6.45) is -0.563.